The first-order valence-electron chi connectivity index (χ1n) is 8.33. The monoisotopic (exact) mass is 358 g/mol. The number of hydrogen-bond donors (Lipinski definition) is 2. The van der Waals surface area contributed by atoms with Crippen molar-refractivity contribution in [2.75, 3.05) is 7.05 Å². The molecule has 0 amide bonds. The standard InChI is InChI=1S/C18H22N4O2S/c1-18(2)13-9-12(8-11-4-6-14(7-5-11)22(23)24)16(15(18)10-13)20-21-17(25)19-3/h4-8,13,15H,9-10H2,1-3H3,(H2,19,21,25). The minimum Gasteiger partial charge on any atom is -0.364 e. The molecule has 3 aliphatic rings. The van der Waals surface area contributed by atoms with Crippen molar-refractivity contribution in [1.29, 1.82) is 0 Å². The van der Waals surface area contributed by atoms with Gasteiger partial charge in [-0.05, 0) is 65.7 Å². The highest BCUT2D eigenvalue weighted by Gasteiger charge is 2.54. The van der Waals surface area contributed by atoms with E-state index in [0.29, 0.717) is 16.9 Å². The van der Waals surface area contributed by atoms with Crippen LogP contribution >= 0.6 is 12.2 Å². The molecule has 2 unspecified atom stereocenters. The Labute approximate surface area is 152 Å². The van der Waals surface area contributed by atoms with E-state index in [4.69, 9.17) is 12.2 Å². The molecule has 3 aliphatic carbocycles. The predicted molar refractivity (Wildman–Crippen MR) is 103 cm³/mol. The number of thiocarbonyl (C=S) groups is 1. The van der Waals surface area contributed by atoms with Gasteiger partial charge in [0, 0.05) is 25.1 Å². The minimum atomic E-state index is -0.384. The molecule has 0 aliphatic heterocycles. The van der Waals surface area contributed by atoms with Gasteiger partial charge in [0.1, 0.15) is 0 Å². The zero-order valence-electron chi connectivity index (χ0n) is 14.6. The van der Waals surface area contributed by atoms with Crippen LogP contribution in [0.3, 0.4) is 0 Å². The number of nitrogens with one attached hydrogen (secondary N) is 2. The molecule has 0 heterocycles. The van der Waals surface area contributed by atoms with E-state index in [9.17, 15) is 10.1 Å². The lowest BCUT2D eigenvalue weighted by atomic mass is 9.47. The molecule has 0 saturated heterocycles. The fourth-order valence-corrected chi connectivity index (χ4v) is 3.81. The van der Waals surface area contributed by atoms with Gasteiger partial charge in [0.15, 0.2) is 5.11 Å². The van der Waals surface area contributed by atoms with Crippen molar-refractivity contribution in [3.8, 4) is 0 Å². The van der Waals surface area contributed by atoms with Crippen molar-refractivity contribution < 1.29 is 4.92 Å². The number of non-ortho nitro benzene ring substituents is 1. The highest BCUT2D eigenvalue weighted by atomic mass is 32.1. The van der Waals surface area contributed by atoms with E-state index in [1.54, 1.807) is 19.2 Å². The summed E-state index contributed by atoms with van der Waals surface area (Å²) >= 11 is 5.13. The molecule has 1 aromatic rings. The number of nitro benzene ring substituents is 1. The molecule has 2 bridgehead atoms. The number of hydrogen-bond acceptors (Lipinski definition) is 4. The van der Waals surface area contributed by atoms with Gasteiger partial charge in [0.2, 0.25) is 0 Å². The Hall–Kier alpha value is -2.28. The number of hydrazone groups is 1. The lowest BCUT2D eigenvalue weighted by Gasteiger charge is -2.57. The van der Waals surface area contributed by atoms with Crippen molar-refractivity contribution in [2.45, 2.75) is 26.7 Å². The number of allylic oxidation sites excluding steroid dienone is 1. The van der Waals surface area contributed by atoms with Gasteiger partial charge in [-0.2, -0.15) is 5.10 Å². The van der Waals surface area contributed by atoms with E-state index in [0.717, 1.165) is 24.1 Å². The van der Waals surface area contributed by atoms with E-state index >= 15 is 0 Å². The van der Waals surface area contributed by atoms with Crippen LogP contribution < -0.4 is 10.7 Å². The maximum Gasteiger partial charge on any atom is 0.269 e. The van der Waals surface area contributed by atoms with E-state index < -0.39 is 0 Å². The summed E-state index contributed by atoms with van der Waals surface area (Å²) in [6.45, 7) is 4.58. The average Bonchev–Trinajstić information content (AvgIpc) is 2.60. The Kier molecular flexibility index (Phi) is 4.60. The van der Waals surface area contributed by atoms with Gasteiger partial charge in [0.25, 0.3) is 5.69 Å². The molecule has 3 saturated carbocycles. The Morgan fingerprint density at radius 1 is 1.40 bits per heavy atom. The Morgan fingerprint density at radius 3 is 2.64 bits per heavy atom. The van der Waals surface area contributed by atoms with Crippen LogP contribution in [-0.2, 0) is 0 Å². The number of nitrogens with zero attached hydrogens (tertiary/aromatic N) is 2. The summed E-state index contributed by atoms with van der Waals surface area (Å²) in [5.41, 5.74) is 6.43. The van der Waals surface area contributed by atoms with E-state index in [2.05, 4.69) is 35.8 Å². The zero-order chi connectivity index (χ0) is 18.2. The van der Waals surface area contributed by atoms with Gasteiger partial charge < -0.3 is 5.32 Å². The summed E-state index contributed by atoms with van der Waals surface area (Å²) in [5.74, 6) is 1.06. The van der Waals surface area contributed by atoms with Crippen LogP contribution in [0.5, 0.6) is 0 Å². The molecule has 132 valence electrons. The normalized spacial score (nSPS) is 26.8. The molecule has 0 radical (unpaired) electrons. The van der Waals surface area contributed by atoms with Crippen LogP contribution in [0.1, 0.15) is 32.3 Å². The molecule has 1 aromatic carbocycles. The molecule has 7 heteroatoms. The van der Waals surface area contributed by atoms with Crippen molar-refractivity contribution in [3.05, 3.63) is 45.5 Å². The number of nitro groups is 1. The van der Waals surface area contributed by atoms with Crippen molar-refractivity contribution >= 4 is 34.8 Å². The van der Waals surface area contributed by atoms with Gasteiger partial charge in [-0.25, -0.2) is 0 Å². The summed E-state index contributed by atoms with van der Waals surface area (Å²) in [6.07, 6.45) is 4.20. The molecule has 0 spiro atoms. The molecule has 3 fully saturated rings. The van der Waals surface area contributed by atoms with E-state index in [1.807, 2.05) is 0 Å². The third-order valence-corrected chi connectivity index (χ3v) is 5.84. The molecule has 25 heavy (non-hydrogen) atoms. The Morgan fingerprint density at radius 2 is 2.08 bits per heavy atom. The van der Waals surface area contributed by atoms with Crippen LogP contribution in [0.4, 0.5) is 5.69 Å². The highest BCUT2D eigenvalue weighted by molar-refractivity contribution is 7.80. The third kappa shape index (κ3) is 3.28. The van der Waals surface area contributed by atoms with Crippen LogP contribution in [0.15, 0.2) is 34.9 Å². The van der Waals surface area contributed by atoms with Crippen LogP contribution in [-0.4, -0.2) is 22.8 Å². The Bertz CT molecular complexity index is 768. The topological polar surface area (TPSA) is 79.6 Å². The Balaban J connectivity index is 1.90. The van der Waals surface area contributed by atoms with Crippen molar-refractivity contribution in [1.82, 2.24) is 10.7 Å². The summed E-state index contributed by atoms with van der Waals surface area (Å²) in [7, 11) is 1.76. The first-order valence-corrected chi connectivity index (χ1v) is 8.74. The summed E-state index contributed by atoms with van der Waals surface area (Å²) < 4.78 is 0. The third-order valence-electron chi connectivity index (χ3n) is 5.55. The van der Waals surface area contributed by atoms with Crippen LogP contribution in [0.2, 0.25) is 0 Å². The first kappa shape index (κ1) is 17.5. The number of benzene rings is 1. The second-order valence-electron chi connectivity index (χ2n) is 7.22. The fraction of sp³-hybridized carbons (Fsp3) is 0.444. The highest BCUT2D eigenvalue weighted by Crippen LogP contribution is 2.59. The van der Waals surface area contributed by atoms with E-state index in [1.165, 1.54) is 17.7 Å². The predicted octanol–water partition coefficient (Wildman–Crippen LogP) is 3.49. The van der Waals surface area contributed by atoms with Crippen LogP contribution in [0, 0.1) is 27.4 Å². The molecular formula is C18H22N4O2S. The van der Waals surface area contributed by atoms with Gasteiger partial charge in [-0.3, -0.25) is 15.5 Å². The summed E-state index contributed by atoms with van der Waals surface area (Å²) in [6, 6.07) is 6.62. The largest absolute Gasteiger partial charge is 0.364 e. The second kappa shape index (κ2) is 6.55. The van der Waals surface area contributed by atoms with Crippen molar-refractivity contribution in [3.63, 3.8) is 0 Å². The van der Waals surface area contributed by atoms with Crippen LogP contribution in [0.25, 0.3) is 6.08 Å². The van der Waals surface area contributed by atoms with Crippen molar-refractivity contribution in [2.24, 2.45) is 22.4 Å². The lowest BCUT2D eigenvalue weighted by molar-refractivity contribution is -0.384. The lowest BCUT2D eigenvalue weighted by Crippen LogP contribution is -2.54. The quantitative estimate of drug-likeness (QED) is 0.491. The van der Waals surface area contributed by atoms with Gasteiger partial charge >= 0.3 is 0 Å². The fourth-order valence-electron chi connectivity index (χ4n) is 3.76. The minimum absolute atomic E-state index is 0.102. The average molecular weight is 358 g/mol. The maximum atomic E-state index is 10.8. The van der Waals surface area contributed by atoms with Gasteiger partial charge in [0.05, 0.1) is 10.6 Å². The van der Waals surface area contributed by atoms with E-state index in [-0.39, 0.29) is 16.0 Å². The van der Waals surface area contributed by atoms with Gasteiger partial charge in [-0.1, -0.05) is 13.8 Å². The first-order chi connectivity index (χ1) is 11.8. The van der Waals surface area contributed by atoms with Gasteiger partial charge in [-0.15, -0.1) is 0 Å². The molecule has 0 aromatic heterocycles. The maximum absolute atomic E-state index is 10.8. The summed E-state index contributed by atoms with van der Waals surface area (Å²) in [4.78, 5) is 10.4. The number of fused-ring (bicyclic) bond motifs is 2. The molecule has 2 atom stereocenters. The smallest absolute Gasteiger partial charge is 0.269 e. The molecular weight excluding hydrogens is 336 g/mol. The number of rotatable bonds is 3. The molecule has 6 nitrogen and oxygen atoms in total. The SMILES string of the molecule is CNC(=S)NN=C1C(=Cc2ccc([N+](=O)[O-])cc2)CC2CC1C2(C)C. The molecule has 4 rings (SSSR count). The zero-order valence-corrected chi connectivity index (χ0v) is 15.4. The molecule has 2 N–H and O–H groups in total. The second-order valence-corrected chi connectivity index (χ2v) is 7.63. The summed E-state index contributed by atoms with van der Waals surface area (Å²) in [5, 5.41) is 18.7.